The van der Waals surface area contributed by atoms with Crippen molar-refractivity contribution in [1.29, 1.82) is 0 Å². The number of benzene rings is 1. The molecule has 0 radical (unpaired) electrons. The molecule has 0 aliphatic heterocycles. The lowest BCUT2D eigenvalue weighted by Crippen LogP contribution is -2.40. The molecule has 4 N–H and O–H groups in total. The molecule has 0 bridgehead atoms. The topological polar surface area (TPSA) is 67.2 Å². The molecule has 1 amide bonds. The molecule has 0 fully saturated rings. The summed E-state index contributed by atoms with van der Waals surface area (Å²) < 4.78 is 0. The number of carbonyl (C=O) groups excluding carboxylic acids is 1. The first-order valence-corrected chi connectivity index (χ1v) is 5.41. The fourth-order valence-electron chi connectivity index (χ4n) is 1.35. The van der Waals surface area contributed by atoms with Crippen molar-refractivity contribution in [2.45, 2.75) is 32.9 Å². The van der Waals surface area contributed by atoms with Crippen LogP contribution in [0.3, 0.4) is 0 Å². The fraction of sp³-hybridized carbons (Fsp3) is 0.417. The van der Waals surface area contributed by atoms with E-state index >= 15 is 0 Å². The second kappa shape index (κ2) is 5.39. The number of carbonyl (C=O) groups is 1. The van der Waals surface area contributed by atoms with Crippen molar-refractivity contribution in [3.05, 3.63) is 24.3 Å². The number of nitrogen functional groups attached to an aromatic ring is 1. The molecular formula is C12H19N3O. The van der Waals surface area contributed by atoms with Gasteiger partial charge in [-0.2, -0.15) is 0 Å². The van der Waals surface area contributed by atoms with Crippen molar-refractivity contribution in [3.63, 3.8) is 0 Å². The molecule has 1 aromatic carbocycles. The van der Waals surface area contributed by atoms with E-state index < -0.39 is 0 Å². The molecule has 0 aliphatic carbocycles. The van der Waals surface area contributed by atoms with Crippen molar-refractivity contribution in [2.75, 3.05) is 11.1 Å². The third kappa shape index (κ3) is 3.81. The lowest BCUT2D eigenvalue weighted by atomic mass is 10.2. The Balaban J connectivity index is 2.57. The zero-order chi connectivity index (χ0) is 12.1. The molecule has 0 saturated heterocycles. The van der Waals surface area contributed by atoms with Crippen molar-refractivity contribution >= 4 is 17.3 Å². The minimum Gasteiger partial charge on any atom is -0.399 e. The Kier molecular flexibility index (Phi) is 4.17. The van der Waals surface area contributed by atoms with Crippen molar-refractivity contribution < 1.29 is 4.79 Å². The van der Waals surface area contributed by atoms with Crippen molar-refractivity contribution in [2.24, 2.45) is 0 Å². The molecule has 1 atom stereocenters. The van der Waals surface area contributed by atoms with Gasteiger partial charge < -0.3 is 16.4 Å². The van der Waals surface area contributed by atoms with E-state index in [2.05, 4.69) is 10.6 Å². The molecule has 0 aliphatic rings. The summed E-state index contributed by atoms with van der Waals surface area (Å²) in [6.45, 7) is 5.69. The predicted molar refractivity (Wildman–Crippen MR) is 67.2 cm³/mol. The first-order valence-electron chi connectivity index (χ1n) is 5.41. The number of anilines is 2. The number of hydrogen-bond donors (Lipinski definition) is 3. The molecule has 4 nitrogen and oxygen atoms in total. The summed E-state index contributed by atoms with van der Waals surface area (Å²) in [4.78, 5) is 11.6. The standard InChI is InChI=1S/C12H19N3O/c1-8(2)14-12(16)9(3)15-11-6-4-5-10(13)7-11/h4-9,15H,13H2,1-3H3,(H,14,16). The van der Waals surface area contributed by atoms with Crippen LogP contribution in [-0.2, 0) is 4.79 Å². The van der Waals surface area contributed by atoms with Gasteiger partial charge in [0.05, 0.1) is 0 Å². The molecule has 4 heteroatoms. The first-order chi connectivity index (χ1) is 7.49. The molecule has 0 saturated carbocycles. The summed E-state index contributed by atoms with van der Waals surface area (Å²) in [7, 11) is 0. The van der Waals surface area contributed by atoms with E-state index in [9.17, 15) is 4.79 Å². The number of nitrogens with one attached hydrogen (secondary N) is 2. The SMILES string of the molecule is CC(C)NC(=O)C(C)Nc1cccc(N)c1. The Labute approximate surface area is 96.2 Å². The molecule has 0 heterocycles. The van der Waals surface area contributed by atoms with E-state index in [4.69, 9.17) is 5.73 Å². The Morgan fingerprint density at radius 3 is 2.56 bits per heavy atom. The van der Waals surface area contributed by atoms with Crippen LogP contribution in [0.5, 0.6) is 0 Å². The molecule has 88 valence electrons. The van der Waals surface area contributed by atoms with Gasteiger partial charge in [0.2, 0.25) is 5.91 Å². The third-order valence-corrected chi connectivity index (χ3v) is 2.09. The minimum absolute atomic E-state index is 0.0163. The largest absolute Gasteiger partial charge is 0.399 e. The van der Waals surface area contributed by atoms with Crippen LogP contribution >= 0.6 is 0 Å². The number of nitrogens with two attached hydrogens (primary N) is 1. The molecule has 1 unspecified atom stereocenters. The van der Waals surface area contributed by atoms with E-state index in [1.807, 2.05) is 39.0 Å². The highest BCUT2D eigenvalue weighted by Gasteiger charge is 2.12. The Morgan fingerprint density at radius 2 is 2.00 bits per heavy atom. The smallest absolute Gasteiger partial charge is 0.242 e. The van der Waals surface area contributed by atoms with Crippen LogP contribution in [0.25, 0.3) is 0 Å². The van der Waals surface area contributed by atoms with Gasteiger partial charge in [-0.3, -0.25) is 4.79 Å². The van der Waals surface area contributed by atoms with Gasteiger partial charge >= 0.3 is 0 Å². The summed E-state index contributed by atoms with van der Waals surface area (Å²) in [5, 5.41) is 5.94. The molecular weight excluding hydrogens is 202 g/mol. The summed E-state index contributed by atoms with van der Waals surface area (Å²) in [6, 6.07) is 7.23. The van der Waals surface area contributed by atoms with Gasteiger partial charge in [0.25, 0.3) is 0 Å². The number of rotatable bonds is 4. The van der Waals surface area contributed by atoms with Gasteiger partial charge in [-0.15, -0.1) is 0 Å². The molecule has 1 aromatic rings. The highest BCUT2D eigenvalue weighted by molar-refractivity contribution is 5.84. The highest BCUT2D eigenvalue weighted by Crippen LogP contribution is 2.12. The van der Waals surface area contributed by atoms with Gasteiger partial charge in [-0.1, -0.05) is 6.07 Å². The van der Waals surface area contributed by atoms with Crippen molar-refractivity contribution in [3.8, 4) is 0 Å². The van der Waals surface area contributed by atoms with Gasteiger partial charge in [-0.05, 0) is 39.0 Å². The lowest BCUT2D eigenvalue weighted by Gasteiger charge is -2.17. The molecule has 0 spiro atoms. The predicted octanol–water partition coefficient (Wildman–Crippen LogP) is 1.59. The van der Waals surface area contributed by atoms with Crippen LogP contribution in [0.1, 0.15) is 20.8 Å². The number of amides is 1. The summed E-state index contributed by atoms with van der Waals surface area (Å²) in [5.41, 5.74) is 7.19. The molecule has 1 rings (SSSR count). The van der Waals surface area contributed by atoms with Crippen LogP contribution in [0.2, 0.25) is 0 Å². The Morgan fingerprint density at radius 1 is 1.31 bits per heavy atom. The van der Waals surface area contributed by atoms with Crippen LogP contribution in [0.15, 0.2) is 24.3 Å². The normalized spacial score (nSPS) is 12.2. The zero-order valence-electron chi connectivity index (χ0n) is 9.95. The Hall–Kier alpha value is -1.71. The lowest BCUT2D eigenvalue weighted by molar-refractivity contribution is -0.122. The van der Waals surface area contributed by atoms with Gasteiger partial charge in [0.15, 0.2) is 0 Å². The minimum atomic E-state index is -0.274. The van der Waals surface area contributed by atoms with E-state index in [0.29, 0.717) is 5.69 Å². The maximum Gasteiger partial charge on any atom is 0.242 e. The molecule has 0 aromatic heterocycles. The van der Waals surface area contributed by atoms with E-state index in [1.165, 1.54) is 0 Å². The van der Waals surface area contributed by atoms with Crippen LogP contribution in [-0.4, -0.2) is 18.0 Å². The van der Waals surface area contributed by atoms with Gasteiger partial charge in [0, 0.05) is 17.4 Å². The van der Waals surface area contributed by atoms with Crippen LogP contribution in [0.4, 0.5) is 11.4 Å². The van der Waals surface area contributed by atoms with Gasteiger partial charge in [0.1, 0.15) is 6.04 Å². The van der Waals surface area contributed by atoms with E-state index in [-0.39, 0.29) is 18.0 Å². The van der Waals surface area contributed by atoms with E-state index in [0.717, 1.165) is 5.69 Å². The summed E-state index contributed by atoms with van der Waals surface area (Å²) in [5.74, 6) is -0.0163. The van der Waals surface area contributed by atoms with Gasteiger partial charge in [-0.25, -0.2) is 0 Å². The second-order valence-corrected chi connectivity index (χ2v) is 4.15. The monoisotopic (exact) mass is 221 g/mol. The average Bonchev–Trinajstić information content (AvgIpc) is 2.16. The maximum atomic E-state index is 11.6. The fourth-order valence-corrected chi connectivity index (χ4v) is 1.35. The highest BCUT2D eigenvalue weighted by atomic mass is 16.2. The third-order valence-electron chi connectivity index (χ3n) is 2.09. The van der Waals surface area contributed by atoms with Crippen LogP contribution in [0, 0.1) is 0 Å². The maximum absolute atomic E-state index is 11.6. The van der Waals surface area contributed by atoms with Crippen molar-refractivity contribution in [1.82, 2.24) is 5.32 Å². The van der Waals surface area contributed by atoms with E-state index in [1.54, 1.807) is 6.07 Å². The summed E-state index contributed by atoms with van der Waals surface area (Å²) >= 11 is 0. The molecule has 16 heavy (non-hydrogen) atoms. The number of hydrogen-bond acceptors (Lipinski definition) is 3. The second-order valence-electron chi connectivity index (χ2n) is 4.15. The average molecular weight is 221 g/mol. The summed E-state index contributed by atoms with van der Waals surface area (Å²) in [6.07, 6.45) is 0. The van der Waals surface area contributed by atoms with Crippen LogP contribution < -0.4 is 16.4 Å². The first kappa shape index (κ1) is 12.4. The Bertz CT molecular complexity index is 363. The zero-order valence-corrected chi connectivity index (χ0v) is 9.95. The quantitative estimate of drug-likeness (QED) is 0.676.